The van der Waals surface area contributed by atoms with E-state index in [1.54, 1.807) is 23.1 Å². The molecule has 2 aliphatic rings. The summed E-state index contributed by atoms with van der Waals surface area (Å²) in [6.07, 6.45) is 1.45. The fourth-order valence-electron chi connectivity index (χ4n) is 3.36. The van der Waals surface area contributed by atoms with Crippen molar-refractivity contribution in [3.8, 4) is 11.5 Å². The Labute approximate surface area is 170 Å². The smallest absolute Gasteiger partial charge is 0.291 e. The summed E-state index contributed by atoms with van der Waals surface area (Å²) in [5.74, 6) is 1.61. The molecule has 2 aromatic carbocycles. The molecule has 0 saturated carbocycles. The Hall–Kier alpha value is -3.39. The summed E-state index contributed by atoms with van der Waals surface area (Å²) < 4.78 is 15.9. The molecule has 0 bridgehead atoms. The first-order chi connectivity index (χ1) is 14.2. The summed E-state index contributed by atoms with van der Waals surface area (Å²) in [4.78, 5) is 26.6. The van der Waals surface area contributed by atoms with E-state index in [1.807, 2.05) is 36.4 Å². The summed E-state index contributed by atoms with van der Waals surface area (Å²) in [5.41, 5.74) is 2.30. The van der Waals surface area contributed by atoms with Crippen LogP contribution < -0.4 is 19.7 Å². The molecule has 1 saturated heterocycles. The van der Waals surface area contributed by atoms with E-state index in [4.69, 9.17) is 13.9 Å². The van der Waals surface area contributed by atoms with Gasteiger partial charge in [-0.1, -0.05) is 12.1 Å². The lowest BCUT2D eigenvalue weighted by molar-refractivity contribution is -0.115. The number of anilines is 2. The van der Waals surface area contributed by atoms with E-state index in [2.05, 4.69) is 5.32 Å². The highest BCUT2D eigenvalue weighted by Crippen LogP contribution is 2.45. The van der Waals surface area contributed by atoms with E-state index in [1.165, 1.54) is 18.0 Å². The van der Waals surface area contributed by atoms with Gasteiger partial charge in [0.25, 0.3) is 5.91 Å². The maximum absolute atomic E-state index is 12.6. The standard InChI is InChI=1S/C21H16N2O5S/c24-19-11-29-21(23(19)15-6-7-16-18(10-15)28-12-27-16)13-3-1-4-14(9-13)22-20(25)17-5-2-8-26-17/h1-10,21H,11-12H2,(H,22,25)/t21-/m0/s1. The monoisotopic (exact) mass is 408 g/mol. The number of hydrogen-bond acceptors (Lipinski definition) is 6. The lowest BCUT2D eigenvalue weighted by Gasteiger charge is -2.25. The SMILES string of the molecule is O=C(Nc1cccc([C@@H]2SCC(=O)N2c2ccc3c(c2)OCO3)c1)c1ccco1. The summed E-state index contributed by atoms with van der Waals surface area (Å²) in [6.45, 7) is 0.183. The molecule has 2 amide bonds. The minimum Gasteiger partial charge on any atom is -0.459 e. The van der Waals surface area contributed by atoms with Gasteiger partial charge in [0.05, 0.1) is 12.0 Å². The largest absolute Gasteiger partial charge is 0.459 e. The van der Waals surface area contributed by atoms with Crippen LogP contribution >= 0.6 is 11.8 Å². The van der Waals surface area contributed by atoms with Crippen LogP contribution in [-0.4, -0.2) is 24.4 Å². The van der Waals surface area contributed by atoms with Crippen LogP contribution in [0.3, 0.4) is 0 Å². The summed E-state index contributed by atoms with van der Waals surface area (Å²) >= 11 is 1.54. The van der Waals surface area contributed by atoms with Crippen molar-refractivity contribution in [3.05, 3.63) is 72.2 Å². The Balaban J connectivity index is 1.42. The molecule has 0 spiro atoms. The first-order valence-corrected chi connectivity index (χ1v) is 10.0. The van der Waals surface area contributed by atoms with Crippen molar-refractivity contribution < 1.29 is 23.5 Å². The predicted molar refractivity (Wildman–Crippen MR) is 108 cm³/mol. The minimum atomic E-state index is -0.324. The first-order valence-electron chi connectivity index (χ1n) is 8.97. The highest BCUT2D eigenvalue weighted by molar-refractivity contribution is 8.00. The quantitative estimate of drug-likeness (QED) is 0.702. The van der Waals surface area contributed by atoms with Crippen LogP contribution in [0.25, 0.3) is 0 Å². The predicted octanol–water partition coefficient (Wildman–Crippen LogP) is 4.04. The van der Waals surface area contributed by atoms with Gasteiger partial charge in [-0.15, -0.1) is 11.8 Å². The molecule has 146 valence electrons. The summed E-state index contributed by atoms with van der Waals surface area (Å²) in [6, 6.07) is 16.2. The van der Waals surface area contributed by atoms with Crippen molar-refractivity contribution in [1.29, 1.82) is 0 Å². The fourth-order valence-corrected chi connectivity index (χ4v) is 4.52. The van der Waals surface area contributed by atoms with Crippen molar-refractivity contribution in [3.63, 3.8) is 0 Å². The Morgan fingerprint density at radius 3 is 2.83 bits per heavy atom. The number of furan rings is 1. The number of nitrogens with one attached hydrogen (secondary N) is 1. The van der Waals surface area contributed by atoms with Crippen molar-refractivity contribution in [2.75, 3.05) is 22.8 Å². The molecule has 1 aromatic heterocycles. The van der Waals surface area contributed by atoms with Gasteiger partial charge in [0.15, 0.2) is 17.3 Å². The first kappa shape index (κ1) is 17.7. The van der Waals surface area contributed by atoms with E-state index in [0.717, 1.165) is 11.3 Å². The molecule has 3 aromatic rings. The molecule has 0 radical (unpaired) electrons. The Morgan fingerprint density at radius 2 is 1.97 bits per heavy atom. The lowest BCUT2D eigenvalue weighted by Crippen LogP contribution is -2.27. The van der Waals surface area contributed by atoms with Crippen LogP contribution in [0.2, 0.25) is 0 Å². The van der Waals surface area contributed by atoms with Crippen LogP contribution in [0.1, 0.15) is 21.5 Å². The number of amides is 2. The zero-order valence-corrected chi connectivity index (χ0v) is 16.0. The number of benzene rings is 2. The van der Waals surface area contributed by atoms with Gasteiger partial charge in [-0.3, -0.25) is 14.5 Å². The Bertz CT molecular complexity index is 1080. The molecule has 1 atom stereocenters. The third-order valence-electron chi connectivity index (χ3n) is 4.68. The molecule has 7 nitrogen and oxygen atoms in total. The van der Waals surface area contributed by atoms with Crippen LogP contribution in [0.5, 0.6) is 11.5 Å². The highest BCUT2D eigenvalue weighted by atomic mass is 32.2. The van der Waals surface area contributed by atoms with E-state index in [-0.39, 0.29) is 29.7 Å². The van der Waals surface area contributed by atoms with Crippen molar-refractivity contribution in [1.82, 2.24) is 0 Å². The molecule has 29 heavy (non-hydrogen) atoms. The number of carbonyl (C=O) groups excluding carboxylic acids is 2. The van der Waals surface area contributed by atoms with Crippen LogP contribution in [0.15, 0.2) is 65.3 Å². The average molecular weight is 408 g/mol. The molecule has 0 aliphatic carbocycles. The number of thioether (sulfide) groups is 1. The van der Waals surface area contributed by atoms with Gasteiger partial charge in [-0.25, -0.2) is 0 Å². The highest BCUT2D eigenvalue weighted by Gasteiger charge is 2.35. The van der Waals surface area contributed by atoms with Gasteiger partial charge in [-0.05, 0) is 42.0 Å². The second-order valence-electron chi connectivity index (χ2n) is 6.52. The fraction of sp³-hybridized carbons (Fsp3) is 0.143. The Morgan fingerprint density at radius 1 is 1.07 bits per heavy atom. The van der Waals surface area contributed by atoms with Gasteiger partial charge in [0, 0.05) is 17.4 Å². The molecule has 2 aliphatic heterocycles. The molecular weight excluding hydrogens is 392 g/mol. The van der Waals surface area contributed by atoms with Gasteiger partial charge >= 0.3 is 0 Å². The van der Waals surface area contributed by atoms with Crippen molar-refractivity contribution in [2.45, 2.75) is 5.37 Å². The molecule has 1 fully saturated rings. The maximum Gasteiger partial charge on any atom is 0.291 e. The van der Waals surface area contributed by atoms with E-state index in [9.17, 15) is 9.59 Å². The third kappa shape index (κ3) is 3.31. The number of ether oxygens (including phenoxy) is 2. The zero-order chi connectivity index (χ0) is 19.8. The minimum absolute atomic E-state index is 0.0175. The topological polar surface area (TPSA) is 81.0 Å². The van der Waals surface area contributed by atoms with E-state index < -0.39 is 0 Å². The van der Waals surface area contributed by atoms with E-state index in [0.29, 0.717) is 22.9 Å². The van der Waals surface area contributed by atoms with Crippen LogP contribution in [0.4, 0.5) is 11.4 Å². The maximum atomic E-state index is 12.6. The third-order valence-corrected chi connectivity index (χ3v) is 5.89. The summed E-state index contributed by atoms with van der Waals surface area (Å²) in [7, 11) is 0. The molecule has 5 rings (SSSR count). The Kier molecular flexibility index (Phi) is 4.40. The molecule has 1 N–H and O–H groups in total. The van der Waals surface area contributed by atoms with Gasteiger partial charge in [0.2, 0.25) is 12.7 Å². The second-order valence-corrected chi connectivity index (χ2v) is 7.59. The second kappa shape index (κ2) is 7.21. The van der Waals surface area contributed by atoms with Crippen molar-refractivity contribution in [2.24, 2.45) is 0 Å². The van der Waals surface area contributed by atoms with E-state index >= 15 is 0 Å². The lowest BCUT2D eigenvalue weighted by atomic mass is 10.1. The zero-order valence-electron chi connectivity index (χ0n) is 15.2. The average Bonchev–Trinajstić information content (AvgIpc) is 3.48. The molecule has 0 unspecified atom stereocenters. The summed E-state index contributed by atoms with van der Waals surface area (Å²) in [5, 5.41) is 2.62. The number of rotatable bonds is 4. The molecule has 8 heteroatoms. The van der Waals surface area contributed by atoms with Crippen molar-refractivity contribution >= 4 is 35.0 Å². The number of fused-ring (bicyclic) bond motifs is 1. The normalized spacial score (nSPS) is 17.6. The number of nitrogens with zero attached hydrogens (tertiary/aromatic N) is 1. The van der Waals surface area contributed by atoms with Crippen LogP contribution in [0, 0.1) is 0 Å². The van der Waals surface area contributed by atoms with Gasteiger partial charge in [0.1, 0.15) is 5.37 Å². The van der Waals surface area contributed by atoms with Gasteiger partial charge < -0.3 is 19.2 Å². The number of hydrogen-bond donors (Lipinski definition) is 1. The van der Waals surface area contributed by atoms with Crippen LogP contribution in [-0.2, 0) is 4.79 Å². The number of carbonyl (C=O) groups is 2. The molecule has 3 heterocycles. The van der Waals surface area contributed by atoms with Gasteiger partial charge in [-0.2, -0.15) is 0 Å². The molecular formula is C21H16N2O5S.